The number of primary amides is 1. The topological polar surface area (TPSA) is 156 Å². The molecule has 1 aromatic carbocycles. The van der Waals surface area contributed by atoms with Crippen LogP contribution in [-0.4, -0.2) is 51.4 Å². The summed E-state index contributed by atoms with van der Waals surface area (Å²) >= 11 is 1.43. The molecule has 0 unspecified atom stereocenters. The van der Waals surface area contributed by atoms with Crippen molar-refractivity contribution in [2.45, 2.75) is 24.4 Å². The average molecular weight is 392 g/mol. The summed E-state index contributed by atoms with van der Waals surface area (Å²) in [6, 6.07) is 7.23. The summed E-state index contributed by atoms with van der Waals surface area (Å²) in [5, 5.41) is 11.5. The summed E-state index contributed by atoms with van der Waals surface area (Å²) < 4.78 is 0. The van der Waals surface area contributed by atoms with Gasteiger partial charge in [0.05, 0.1) is 0 Å². The van der Waals surface area contributed by atoms with Gasteiger partial charge in [-0.1, -0.05) is 30.3 Å². The Kier molecular flexibility index (Phi) is 6.59. The molecular weight excluding hydrogens is 372 g/mol. The molecule has 6 N–H and O–H groups in total. The average Bonchev–Trinajstić information content (AvgIpc) is 2.66. The standard InChI is InChI=1S/C16H17N3O4S.CH3NO/c1-8-7-24-15-11(14(21)19(15)12(8)16(22)23)18-13(20)10(17)9-5-3-2-4-6-9;2-1-3/h2-6,10-11,15H,7,17H2,1H3,(H,18,20)(H,22,23);1H,(H2,2,3)/t10-,11-,15-;/m1./s1. The van der Waals surface area contributed by atoms with Gasteiger partial charge in [-0.25, -0.2) is 4.79 Å². The number of nitrogens with one attached hydrogen (secondary N) is 1. The molecule has 2 aliphatic rings. The van der Waals surface area contributed by atoms with E-state index in [0.717, 1.165) is 0 Å². The van der Waals surface area contributed by atoms with Crippen LogP contribution in [0.4, 0.5) is 0 Å². The second-order valence-electron chi connectivity index (χ2n) is 5.85. The van der Waals surface area contributed by atoms with E-state index in [2.05, 4.69) is 11.1 Å². The van der Waals surface area contributed by atoms with Crippen molar-refractivity contribution in [3.8, 4) is 0 Å². The van der Waals surface area contributed by atoms with Gasteiger partial charge in [0.25, 0.3) is 5.91 Å². The van der Waals surface area contributed by atoms with Crippen molar-refractivity contribution in [3.63, 3.8) is 0 Å². The Morgan fingerprint density at radius 2 is 1.96 bits per heavy atom. The first-order valence-corrected chi connectivity index (χ1v) is 9.02. The fraction of sp³-hybridized carbons (Fsp3) is 0.294. The van der Waals surface area contributed by atoms with Crippen LogP contribution in [0.15, 0.2) is 41.6 Å². The molecule has 1 aromatic rings. The lowest BCUT2D eigenvalue weighted by atomic mass is 10.0. The summed E-state index contributed by atoms with van der Waals surface area (Å²) in [5.41, 5.74) is 11.4. The molecule has 9 nitrogen and oxygen atoms in total. The van der Waals surface area contributed by atoms with E-state index in [0.29, 0.717) is 16.9 Å². The van der Waals surface area contributed by atoms with Crippen molar-refractivity contribution < 1.29 is 24.3 Å². The predicted octanol–water partition coefficient (Wildman–Crippen LogP) is -0.454. The van der Waals surface area contributed by atoms with E-state index in [1.807, 2.05) is 6.07 Å². The number of hydrogen-bond acceptors (Lipinski definition) is 6. The van der Waals surface area contributed by atoms with Crippen LogP contribution in [-0.2, 0) is 19.2 Å². The molecule has 0 saturated carbocycles. The van der Waals surface area contributed by atoms with Gasteiger partial charge in [-0.15, -0.1) is 11.8 Å². The van der Waals surface area contributed by atoms with Gasteiger partial charge >= 0.3 is 5.97 Å². The molecule has 3 amide bonds. The number of rotatable bonds is 4. The molecule has 0 bridgehead atoms. The van der Waals surface area contributed by atoms with Crippen LogP contribution in [0.3, 0.4) is 0 Å². The molecule has 0 aliphatic carbocycles. The van der Waals surface area contributed by atoms with Crippen molar-refractivity contribution in [2.24, 2.45) is 11.5 Å². The molecule has 0 spiro atoms. The molecule has 3 atom stereocenters. The molecule has 10 heteroatoms. The summed E-state index contributed by atoms with van der Waals surface area (Å²) in [7, 11) is 0. The second-order valence-corrected chi connectivity index (χ2v) is 6.96. The molecule has 2 aliphatic heterocycles. The van der Waals surface area contributed by atoms with Crippen LogP contribution in [0.25, 0.3) is 0 Å². The van der Waals surface area contributed by atoms with Crippen molar-refractivity contribution in [1.29, 1.82) is 0 Å². The zero-order chi connectivity index (χ0) is 20.1. The van der Waals surface area contributed by atoms with Gasteiger partial charge in [0, 0.05) is 5.75 Å². The number of thioether (sulfide) groups is 1. The van der Waals surface area contributed by atoms with Gasteiger partial charge in [0.2, 0.25) is 12.3 Å². The molecule has 27 heavy (non-hydrogen) atoms. The third-order valence-corrected chi connectivity index (χ3v) is 5.52. The number of carbonyl (C=O) groups excluding carboxylic acids is 3. The second kappa shape index (κ2) is 8.69. The lowest BCUT2D eigenvalue weighted by molar-refractivity contribution is -0.150. The maximum atomic E-state index is 12.3. The number of carboxylic acids is 1. The number of carboxylic acid groups (broad SMARTS) is 1. The fourth-order valence-electron chi connectivity index (χ4n) is 2.83. The van der Waals surface area contributed by atoms with Crippen LogP contribution in [0.5, 0.6) is 0 Å². The maximum Gasteiger partial charge on any atom is 0.352 e. The Bertz CT molecular complexity index is 783. The van der Waals surface area contributed by atoms with E-state index in [-0.39, 0.29) is 12.1 Å². The summed E-state index contributed by atoms with van der Waals surface area (Å²) in [6.45, 7) is 1.69. The Morgan fingerprint density at radius 3 is 2.52 bits per heavy atom. The van der Waals surface area contributed by atoms with Crippen molar-refractivity contribution in [3.05, 3.63) is 47.2 Å². The molecule has 144 valence electrons. The molecular formula is C17H20N4O5S. The lowest BCUT2D eigenvalue weighted by Crippen LogP contribution is -2.71. The van der Waals surface area contributed by atoms with E-state index in [9.17, 15) is 19.5 Å². The number of carbonyl (C=O) groups is 4. The van der Waals surface area contributed by atoms with Crippen LogP contribution >= 0.6 is 11.8 Å². The Morgan fingerprint density at radius 1 is 1.37 bits per heavy atom. The highest BCUT2D eigenvalue weighted by atomic mass is 32.2. The summed E-state index contributed by atoms with van der Waals surface area (Å²) in [4.78, 5) is 45.8. The number of aliphatic carboxylic acids is 1. The minimum Gasteiger partial charge on any atom is -0.477 e. The highest BCUT2D eigenvalue weighted by Gasteiger charge is 2.53. The van der Waals surface area contributed by atoms with E-state index < -0.39 is 35.2 Å². The monoisotopic (exact) mass is 392 g/mol. The smallest absolute Gasteiger partial charge is 0.352 e. The highest BCUT2D eigenvalue weighted by molar-refractivity contribution is 8.00. The molecule has 0 aromatic heterocycles. The lowest BCUT2D eigenvalue weighted by Gasteiger charge is -2.49. The van der Waals surface area contributed by atoms with Gasteiger partial charge in [0.1, 0.15) is 23.2 Å². The van der Waals surface area contributed by atoms with Crippen LogP contribution in [0.2, 0.25) is 0 Å². The van der Waals surface area contributed by atoms with E-state index >= 15 is 0 Å². The molecule has 2 heterocycles. The Labute approximate surface area is 159 Å². The van der Waals surface area contributed by atoms with Gasteiger partial charge in [-0.3, -0.25) is 19.3 Å². The van der Waals surface area contributed by atoms with Crippen LogP contribution in [0.1, 0.15) is 18.5 Å². The zero-order valence-electron chi connectivity index (χ0n) is 14.5. The van der Waals surface area contributed by atoms with Crippen molar-refractivity contribution >= 4 is 36.0 Å². The Balaban J connectivity index is 0.000000817. The largest absolute Gasteiger partial charge is 0.477 e. The first kappa shape index (κ1) is 20.5. The van der Waals surface area contributed by atoms with Crippen molar-refractivity contribution in [2.75, 3.05) is 5.75 Å². The first-order valence-electron chi connectivity index (χ1n) is 7.97. The van der Waals surface area contributed by atoms with Crippen LogP contribution < -0.4 is 16.8 Å². The molecule has 1 saturated heterocycles. The number of β-lactam (4-membered cyclic amide) rings is 1. The number of nitrogens with two attached hydrogens (primary N) is 2. The third kappa shape index (κ3) is 4.12. The SMILES string of the molecule is CC1=C(C(=O)O)N2C(=O)[C@@H](NC(=O)[C@H](N)c3ccccc3)[C@H]2SC1.NC=O. The van der Waals surface area contributed by atoms with Gasteiger partial charge < -0.3 is 21.9 Å². The van der Waals surface area contributed by atoms with E-state index in [4.69, 9.17) is 10.5 Å². The van der Waals surface area contributed by atoms with Gasteiger partial charge in [0.15, 0.2) is 0 Å². The van der Waals surface area contributed by atoms with Gasteiger partial charge in [-0.05, 0) is 18.1 Å². The van der Waals surface area contributed by atoms with Gasteiger partial charge in [-0.2, -0.15) is 0 Å². The zero-order valence-corrected chi connectivity index (χ0v) is 15.3. The minimum absolute atomic E-state index is 0.0154. The van der Waals surface area contributed by atoms with E-state index in [1.165, 1.54) is 16.7 Å². The first-order chi connectivity index (χ1) is 12.8. The number of amides is 3. The quantitative estimate of drug-likeness (QED) is 0.399. The minimum atomic E-state index is -1.13. The number of fused-ring (bicyclic) bond motifs is 1. The molecule has 3 rings (SSSR count). The summed E-state index contributed by atoms with van der Waals surface area (Å²) in [5.74, 6) is -1.50. The normalized spacial score (nSPS) is 21.9. The molecule has 1 fully saturated rings. The predicted molar refractivity (Wildman–Crippen MR) is 99.0 cm³/mol. The number of hydrogen-bond donors (Lipinski definition) is 4. The number of nitrogens with zero attached hydrogens (tertiary/aromatic N) is 1. The van der Waals surface area contributed by atoms with Crippen molar-refractivity contribution in [1.82, 2.24) is 10.2 Å². The summed E-state index contributed by atoms with van der Waals surface area (Å²) in [6.07, 6.45) is 0.250. The van der Waals surface area contributed by atoms with Crippen LogP contribution in [0, 0.1) is 0 Å². The third-order valence-electron chi connectivity index (χ3n) is 4.10. The number of benzene rings is 1. The maximum absolute atomic E-state index is 12.3. The van der Waals surface area contributed by atoms with E-state index in [1.54, 1.807) is 31.2 Å². The highest BCUT2D eigenvalue weighted by Crippen LogP contribution is 2.40. The fourth-order valence-corrected chi connectivity index (χ4v) is 4.12. The Hall–Kier alpha value is -2.85. The molecule has 0 radical (unpaired) electrons.